The number of fused-ring (bicyclic) bond motifs is 2. The Balaban J connectivity index is 2.07. The first-order valence-electron chi connectivity index (χ1n) is 3.73. The minimum atomic E-state index is -0.0949. The molecule has 2 unspecified atom stereocenters. The number of nitrogens with zero attached hydrogens (tertiary/aromatic N) is 1. The molecule has 0 saturated carbocycles. The predicted octanol–water partition coefficient (Wildman–Crippen LogP) is -0.340. The summed E-state index contributed by atoms with van der Waals surface area (Å²) >= 11 is 0. The zero-order valence-electron chi connectivity index (χ0n) is 5.88. The van der Waals surface area contributed by atoms with E-state index in [1.807, 2.05) is 0 Å². The zero-order chi connectivity index (χ0) is 6.97. The molecule has 2 aliphatic heterocycles. The van der Waals surface area contributed by atoms with E-state index in [0.717, 1.165) is 26.2 Å². The lowest BCUT2D eigenvalue weighted by Crippen LogP contribution is -2.51. The van der Waals surface area contributed by atoms with Gasteiger partial charge in [-0.1, -0.05) is 0 Å². The summed E-state index contributed by atoms with van der Waals surface area (Å²) in [5.41, 5.74) is 0. The topological polar surface area (TPSA) is 29.5 Å². The number of hydrogen-bond acceptors (Lipinski definition) is 3. The number of carbonyl (C=O) groups is 1. The second kappa shape index (κ2) is 2.32. The summed E-state index contributed by atoms with van der Waals surface area (Å²) in [6, 6.07) is 0. The van der Waals surface area contributed by atoms with Crippen molar-refractivity contribution in [3.05, 3.63) is 0 Å². The van der Waals surface area contributed by atoms with Crippen LogP contribution in [0, 0.1) is 0 Å². The monoisotopic (exact) mass is 141 g/mol. The first-order chi connectivity index (χ1) is 4.86. The van der Waals surface area contributed by atoms with Crippen LogP contribution in [0.5, 0.6) is 0 Å². The molecule has 2 atom stereocenters. The Kier molecular flexibility index (Phi) is 1.47. The molecule has 2 aliphatic rings. The lowest BCUT2D eigenvalue weighted by molar-refractivity contribution is -0.142. The van der Waals surface area contributed by atoms with Crippen molar-refractivity contribution in [3.8, 4) is 0 Å². The molecule has 3 nitrogen and oxygen atoms in total. The number of hydrogen-bond donors (Lipinski definition) is 0. The van der Waals surface area contributed by atoms with E-state index in [2.05, 4.69) is 4.90 Å². The summed E-state index contributed by atoms with van der Waals surface area (Å²) < 4.78 is 5.27. The van der Waals surface area contributed by atoms with Crippen molar-refractivity contribution < 1.29 is 9.53 Å². The molecule has 0 aliphatic carbocycles. The van der Waals surface area contributed by atoms with Crippen LogP contribution in [0.1, 0.15) is 6.42 Å². The van der Waals surface area contributed by atoms with Gasteiger partial charge >= 0.3 is 0 Å². The average Bonchev–Trinajstić information content (AvgIpc) is 1.99. The molecule has 0 N–H and O–H groups in total. The molecule has 3 heteroatoms. The predicted molar refractivity (Wildman–Crippen MR) is 35.8 cm³/mol. The van der Waals surface area contributed by atoms with Gasteiger partial charge in [0.2, 0.25) is 0 Å². The highest BCUT2D eigenvalue weighted by molar-refractivity contribution is 5.84. The maximum Gasteiger partial charge on any atom is 0.164 e. The van der Waals surface area contributed by atoms with E-state index < -0.39 is 0 Å². The van der Waals surface area contributed by atoms with E-state index in [1.54, 1.807) is 0 Å². The number of Topliss-reactive ketones (excluding diaryl/α,β-unsaturated/α-hetero) is 1. The summed E-state index contributed by atoms with van der Waals surface area (Å²) in [7, 11) is 0. The van der Waals surface area contributed by atoms with Crippen LogP contribution in [0.2, 0.25) is 0 Å². The van der Waals surface area contributed by atoms with Gasteiger partial charge in [0.1, 0.15) is 6.10 Å². The van der Waals surface area contributed by atoms with Gasteiger partial charge in [0.05, 0.1) is 6.61 Å². The third-order valence-electron chi connectivity index (χ3n) is 2.18. The van der Waals surface area contributed by atoms with Crippen LogP contribution in [0.4, 0.5) is 0 Å². The fourth-order valence-corrected chi connectivity index (χ4v) is 1.53. The van der Waals surface area contributed by atoms with E-state index in [9.17, 15) is 4.79 Å². The number of ketones is 1. The minimum absolute atomic E-state index is 0.0949. The summed E-state index contributed by atoms with van der Waals surface area (Å²) in [6.45, 7) is 3.51. The quantitative estimate of drug-likeness (QED) is 0.462. The molecular formula is C7H11NO2. The largest absolute Gasteiger partial charge is 0.368 e. The van der Waals surface area contributed by atoms with Crippen molar-refractivity contribution in [1.82, 2.24) is 4.90 Å². The second-order valence-electron chi connectivity index (χ2n) is 2.88. The van der Waals surface area contributed by atoms with Crippen LogP contribution in [0.25, 0.3) is 0 Å². The van der Waals surface area contributed by atoms with Crippen molar-refractivity contribution in [3.63, 3.8) is 0 Å². The number of piperidine rings is 1. The van der Waals surface area contributed by atoms with Gasteiger partial charge in [-0.25, -0.2) is 0 Å². The Hall–Kier alpha value is -0.410. The first kappa shape index (κ1) is 6.31. The Bertz CT molecular complexity index is 158. The number of rotatable bonds is 0. The third kappa shape index (κ3) is 0.954. The average molecular weight is 141 g/mol. The van der Waals surface area contributed by atoms with Crippen molar-refractivity contribution in [1.29, 1.82) is 0 Å². The molecule has 10 heavy (non-hydrogen) atoms. The molecule has 0 aromatic carbocycles. The molecule has 0 spiro atoms. The van der Waals surface area contributed by atoms with Crippen LogP contribution in [-0.2, 0) is 9.53 Å². The maximum absolute atomic E-state index is 11.1. The summed E-state index contributed by atoms with van der Waals surface area (Å²) in [5.74, 6) is 0.288. The lowest BCUT2D eigenvalue weighted by atomic mass is 10.1. The van der Waals surface area contributed by atoms with Gasteiger partial charge < -0.3 is 4.74 Å². The number of morpholine rings is 1. The van der Waals surface area contributed by atoms with Crippen LogP contribution < -0.4 is 0 Å². The smallest absolute Gasteiger partial charge is 0.164 e. The van der Waals surface area contributed by atoms with Crippen molar-refractivity contribution >= 4 is 5.78 Å². The summed E-state index contributed by atoms with van der Waals surface area (Å²) in [4.78, 5) is 13.3. The second-order valence-corrected chi connectivity index (χ2v) is 2.88. The number of ether oxygens (including phenoxy) is 1. The van der Waals surface area contributed by atoms with Gasteiger partial charge in [0.15, 0.2) is 5.78 Å². The Morgan fingerprint density at radius 2 is 2.40 bits per heavy atom. The highest BCUT2D eigenvalue weighted by atomic mass is 16.5. The van der Waals surface area contributed by atoms with Gasteiger partial charge in [0, 0.05) is 26.1 Å². The van der Waals surface area contributed by atoms with E-state index in [4.69, 9.17) is 4.74 Å². The molecule has 2 bridgehead atoms. The molecule has 56 valence electrons. The fourth-order valence-electron chi connectivity index (χ4n) is 1.53. The first-order valence-corrected chi connectivity index (χ1v) is 3.73. The zero-order valence-corrected chi connectivity index (χ0v) is 5.88. The third-order valence-corrected chi connectivity index (χ3v) is 2.18. The minimum Gasteiger partial charge on any atom is -0.368 e. The number of carbonyl (C=O) groups excluding carboxylic acids is 1. The van der Waals surface area contributed by atoms with Crippen LogP contribution in [-0.4, -0.2) is 43.0 Å². The SMILES string of the molecule is O=C1CCN2CCOC1C2. The highest BCUT2D eigenvalue weighted by Gasteiger charge is 2.30. The molecule has 2 rings (SSSR count). The maximum atomic E-state index is 11.1. The van der Waals surface area contributed by atoms with Gasteiger partial charge in [-0.05, 0) is 0 Å². The van der Waals surface area contributed by atoms with Gasteiger partial charge in [-0.3, -0.25) is 9.69 Å². The molecule has 0 radical (unpaired) electrons. The summed E-state index contributed by atoms with van der Waals surface area (Å²) in [6.07, 6.45) is 0.590. The van der Waals surface area contributed by atoms with Gasteiger partial charge in [-0.2, -0.15) is 0 Å². The van der Waals surface area contributed by atoms with E-state index in [0.29, 0.717) is 6.42 Å². The molecule has 0 aromatic rings. The fraction of sp³-hybridized carbons (Fsp3) is 0.857. The van der Waals surface area contributed by atoms with Crippen molar-refractivity contribution in [2.24, 2.45) is 0 Å². The summed E-state index contributed by atoms with van der Waals surface area (Å²) in [5, 5.41) is 0. The highest BCUT2D eigenvalue weighted by Crippen LogP contribution is 2.13. The van der Waals surface area contributed by atoms with Crippen LogP contribution >= 0.6 is 0 Å². The molecule has 2 fully saturated rings. The standard InChI is InChI=1S/C7H11NO2/c9-6-1-2-8-3-4-10-7(6)5-8/h7H,1-5H2. The molecule has 0 aromatic heterocycles. The Labute approximate surface area is 60.0 Å². The van der Waals surface area contributed by atoms with Crippen molar-refractivity contribution in [2.45, 2.75) is 12.5 Å². The van der Waals surface area contributed by atoms with Crippen molar-refractivity contribution in [2.75, 3.05) is 26.2 Å². The molecule has 2 saturated heterocycles. The van der Waals surface area contributed by atoms with Gasteiger partial charge in [0.25, 0.3) is 0 Å². The normalized spacial score (nSPS) is 39.8. The Morgan fingerprint density at radius 1 is 1.50 bits per heavy atom. The van der Waals surface area contributed by atoms with Crippen LogP contribution in [0.15, 0.2) is 0 Å². The van der Waals surface area contributed by atoms with Gasteiger partial charge in [-0.15, -0.1) is 0 Å². The van der Waals surface area contributed by atoms with E-state index >= 15 is 0 Å². The lowest BCUT2D eigenvalue weighted by Gasteiger charge is -2.36. The molecule has 2 heterocycles. The van der Waals surface area contributed by atoms with Crippen LogP contribution in [0.3, 0.4) is 0 Å². The molecule has 0 amide bonds. The van der Waals surface area contributed by atoms with E-state index in [-0.39, 0.29) is 11.9 Å². The van der Waals surface area contributed by atoms with E-state index in [1.165, 1.54) is 0 Å². The molecular weight excluding hydrogens is 130 g/mol. The Morgan fingerprint density at radius 3 is 3.20 bits per heavy atom.